The van der Waals surface area contributed by atoms with Gasteiger partial charge >= 0.3 is 5.97 Å². The minimum absolute atomic E-state index is 0. The van der Waals surface area contributed by atoms with Gasteiger partial charge in [-0.05, 0) is 56.2 Å². The summed E-state index contributed by atoms with van der Waals surface area (Å²) in [5, 5.41) is 13.1. The molecule has 3 aromatic carbocycles. The van der Waals surface area contributed by atoms with E-state index in [4.69, 9.17) is 5.11 Å². The van der Waals surface area contributed by atoms with Crippen molar-refractivity contribution in [3.63, 3.8) is 0 Å². The van der Waals surface area contributed by atoms with Crippen molar-refractivity contribution in [3.8, 4) is 0 Å². The summed E-state index contributed by atoms with van der Waals surface area (Å²) in [5.74, 6) is -0.717. The number of hydrogen-bond acceptors (Lipinski definition) is 1. The number of rotatable bonds is 8. The number of carbonyl (C=O) groups is 1. The van der Waals surface area contributed by atoms with Crippen LogP contribution in [0.1, 0.15) is 26.2 Å². The third kappa shape index (κ3) is 4.71. The minimum Gasteiger partial charge on any atom is -1.00 e. The standard InChI is InChI=1S/C24H25O2P.BrH/c1-20(12-11-19-24(25)26)27(21-13-5-2-6-14-21,22-15-7-3-8-16-22)23-17-9-4-10-18-23;/h2-10,13-18,20H,11-12,19H2,1H3;1H/t20-;/m0./s1. The second kappa shape index (κ2) is 10.5. The van der Waals surface area contributed by atoms with Gasteiger partial charge in [-0.15, -0.1) is 0 Å². The van der Waals surface area contributed by atoms with E-state index in [2.05, 4.69) is 97.9 Å². The molecule has 0 bridgehead atoms. The van der Waals surface area contributed by atoms with Crippen LogP contribution in [0.25, 0.3) is 0 Å². The molecule has 0 spiro atoms. The van der Waals surface area contributed by atoms with Crippen molar-refractivity contribution in [2.45, 2.75) is 31.8 Å². The smallest absolute Gasteiger partial charge is 0.303 e. The van der Waals surface area contributed by atoms with Crippen LogP contribution >= 0.6 is 7.26 Å². The van der Waals surface area contributed by atoms with Crippen LogP contribution in [0.4, 0.5) is 0 Å². The minimum atomic E-state index is -1.90. The Bertz CT molecular complexity index is 757. The van der Waals surface area contributed by atoms with Crippen molar-refractivity contribution in [1.82, 2.24) is 0 Å². The molecule has 0 radical (unpaired) electrons. The first-order chi connectivity index (χ1) is 13.2. The van der Waals surface area contributed by atoms with Crippen LogP contribution < -0.4 is 32.9 Å². The number of carboxylic acids is 1. The first kappa shape index (κ1) is 22.3. The predicted molar refractivity (Wildman–Crippen MR) is 116 cm³/mol. The molecule has 1 N–H and O–H groups in total. The molecule has 0 aliphatic heterocycles. The molecule has 0 fully saturated rings. The Morgan fingerprint density at radius 2 is 1.14 bits per heavy atom. The van der Waals surface area contributed by atoms with Crippen LogP contribution in [-0.2, 0) is 4.79 Å². The maximum atomic E-state index is 11.0. The highest BCUT2D eigenvalue weighted by molar-refractivity contribution is 7.96. The van der Waals surface area contributed by atoms with Crippen molar-refractivity contribution in [2.24, 2.45) is 0 Å². The molecular weight excluding hydrogens is 431 g/mol. The van der Waals surface area contributed by atoms with Crippen molar-refractivity contribution >= 4 is 29.1 Å². The third-order valence-electron chi connectivity index (χ3n) is 5.16. The summed E-state index contributed by atoms with van der Waals surface area (Å²) in [5.41, 5.74) is 0.351. The molecule has 0 heterocycles. The van der Waals surface area contributed by atoms with Gasteiger partial charge in [0.2, 0.25) is 0 Å². The zero-order chi connectivity index (χ0) is 19.1. The zero-order valence-electron chi connectivity index (χ0n) is 16.0. The number of aliphatic carboxylic acids is 1. The molecule has 2 nitrogen and oxygen atoms in total. The lowest BCUT2D eigenvalue weighted by molar-refractivity contribution is -0.137. The number of hydrogen-bond donors (Lipinski definition) is 1. The molecule has 3 rings (SSSR count). The number of halogens is 1. The summed E-state index contributed by atoms with van der Waals surface area (Å²) in [6, 6.07) is 32.3. The number of benzene rings is 3. The molecule has 1 atom stereocenters. The summed E-state index contributed by atoms with van der Waals surface area (Å²) in [6.07, 6.45) is 1.81. The molecule has 3 aromatic rings. The number of carboxylic acid groups (broad SMARTS) is 1. The topological polar surface area (TPSA) is 37.3 Å². The van der Waals surface area contributed by atoms with Crippen LogP contribution in [0.3, 0.4) is 0 Å². The fraction of sp³-hybridized carbons (Fsp3) is 0.208. The molecule has 0 saturated heterocycles. The highest BCUT2D eigenvalue weighted by atomic mass is 79.9. The first-order valence-corrected chi connectivity index (χ1v) is 11.3. The third-order valence-corrected chi connectivity index (χ3v) is 10.1. The van der Waals surface area contributed by atoms with Gasteiger partial charge in [-0.25, -0.2) is 0 Å². The van der Waals surface area contributed by atoms with Crippen molar-refractivity contribution in [2.75, 3.05) is 0 Å². The van der Waals surface area contributed by atoms with E-state index < -0.39 is 13.2 Å². The van der Waals surface area contributed by atoms with Crippen molar-refractivity contribution in [1.29, 1.82) is 0 Å². The van der Waals surface area contributed by atoms with Crippen LogP contribution in [0.5, 0.6) is 0 Å². The van der Waals surface area contributed by atoms with E-state index in [0.717, 1.165) is 6.42 Å². The molecule has 4 heteroatoms. The van der Waals surface area contributed by atoms with Gasteiger partial charge in [-0.3, -0.25) is 4.79 Å². The van der Waals surface area contributed by atoms with Gasteiger partial charge in [0.25, 0.3) is 0 Å². The highest BCUT2D eigenvalue weighted by Gasteiger charge is 2.49. The molecule has 146 valence electrons. The highest BCUT2D eigenvalue weighted by Crippen LogP contribution is 2.60. The Balaban J connectivity index is 0.00000280. The Labute approximate surface area is 178 Å². The molecule has 28 heavy (non-hydrogen) atoms. The Morgan fingerprint density at radius 3 is 1.46 bits per heavy atom. The monoisotopic (exact) mass is 456 g/mol. The lowest BCUT2D eigenvalue weighted by Crippen LogP contribution is -3.00. The summed E-state index contributed by atoms with van der Waals surface area (Å²) in [7, 11) is -1.90. The fourth-order valence-corrected chi connectivity index (χ4v) is 8.86. The summed E-state index contributed by atoms with van der Waals surface area (Å²) in [6.45, 7) is 2.29. The van der Waals surface area contributed by atoms with E-state index in [0.29, 0.717) is 12.1 Å². The van der Waals surface area contributed by atoms with Crippen LogP contribution in [0, 0.1) is 0 Å². The van der Waals surface area contributed by atoms with E-state index in [1.165, 1.54) is 15.9 Å². The Kier molecular flexibility index (Phi) is 8.41. The second-order valence-electron chi connectivity index (χ2n) is 6.86. The van der Waals surface area contributed by atoms with Gasteiger partial charge in [-0.2, -0.15) is 0 Å². The van der Waals surface area contributed by atoms with Crippen molar-refractivity contribution in [3.05, 3.63) is 91.0 Å². The van der Waals surface area contributed by atoms with Crippen molar-refractivity contribution < 1.29 is 26.9 Å². The average molecular weight is 457 g/mol. The SMILES string of the molecule is C[C@@H](CCCC(=O)O)[P+](c1ccccc1)(c1ccccc1)c1ccccc1.[Br-]. The van der Waals surface area contributed by atoms with E-state index >= 15 is 0 Å². The molecule has 0 saturated carbocycles. The lowest BCUT2D eigenvalue weighted by Gasteiger charge is -2.33. The first-order valence-electron chi connectivity index (χ1n) is 9.43. The van der Waals surface area contributed by atoms with Gasteiger partial charge in [0.05, 0.1) is 5.66 Å². The average Bonchev–Trinajstić information content (AvgIpc) is 2.71. The zero-order valence-corrected chi connectivity index (χ0v) is 18.5. The summed E-state index contributed by atoms with van der Waals surface area (Å²) >= 11 is 0. The van der Waals surface area contributed by atoms with Crippen LogP contribution in [-0.4, -0.2) is 16.7 Å². The quantitative estimate of drug-likeness (QED) is 0.523. The second-order valence-corrected chi connectivity index (χ2v) is 10.7. The molecule has 0 aliphatic carbocycles. The van der Waals surface area contributed by atoms with Gasteiger partial charge in [0, 0.05) is 6.42 Å². The fourth-order valence-electron chi connectivity index (χ4n) is 3.94. The molecule has 0 aliphatic rings. The van der Waals surface area contributed by atoms with E-state index in [1.807, 2.05) is 0 Å². The Morgan fingerprint density at radius 1 is 0.786 bits per heavy atom. The Hall–Kier alpha value is -1.96. The van der Waals surface area contributed by atoms with E-state index in [9.17, 15) is 4.79 Å². The lowest BCUT2D eigenvalue weighted by atomic mass is 10.2. The van der Waals surface area contributed by atoms with Gasteiger partial charge < -0.3 is 22.1 Å². The predicted octanol–water partition coefficient (Wildman–Crippen LogP) is 1.63. The van der Waals surface area contributed by atoms with E-state index in [1.54, 1.807) is 0 Å². The van der Waals surface area contributed by atoms with Gasteiger partial charge in [0.15, 0.2) is 0 Å². The summed E-state index contributed by atoms with van der Waals surface area (Å²) < 4.78 is 0. The normalized spacial score (nSPS) is 12.0. The maximum Gasteiger partial charge on any atom is 0.303 e. The largest absolute Gasteiger partial charge is 1.00 e. The molecular formula is C24H26BrO2P. The van der Waals surface area contributed by atoms with Gasteiger partial charge in [0.1, 0.15) is 23.2 Å². The van der Waals surface area contributed by atoms with Gasteiger partial charge in [-0.1, -0.05) is 54.6 Å². The van der Waals surface area contributed by atoms with Crippen LogP contribution in [0.2, 0.25) is 0 Å². The molecule has 0 amide bonds. The van der Waals surface area contributed by atoms with Crippen LogP contribution in [0.15, 0.2) is 91.0 Å². The molecule has 0 unspecified atom stereocenters. The summed E-state index contributed by atoms with van der Waals surface area (Å²) in [4.78, 5) is 11.0. The molecule has 0 aromatic heterocycles. The maximum absolute atomic E-state index is 11.0. The van der Waals surface area contributed by atoms with E-state index in [-0.39, 0.29) is 23.4 Å².